The molecule has 1 heterocycles. The van der Waals surface area contributed by atoms with Crippen LogP contribution in [0.3, 0.4) is 0 Å². The molecule has 8 heteroatoms. The van der Waals surface area contributed by atoms with Crippen LogP contribution in [-0.2, 0) is 0 Å². The van der Waals surface area contributed by atoms with Gasteiger partial charge in [0.1, 0.15) is 12.5 Å². The molecular weight excluding hydrogens is 291 g/mol. The van der Waals surface area contributed by atoms with Crippen molar-refractivity contribution in [2.24, 2.45) is 5.10 Å². The monoisotopic (exact) mass is 297 g/mol. The highest BCUT2D eigenvalue weighted by Crippen LogP contribution is 2.49. The van der Waals surface area contributed by atoms with E-state index in [4.69, 9.17) is 58.0 Å². The van der Waals surface area contributed by atoms with Gasteiger partial charge in [0.2, 0.25) is 8.25 Å². The van der Waals surface area contributed by atoms with Crippen molar-refractivity contribution in [2.75, 3.05) is 7.05 Å². The molecule has 1 rings (SSSR count). The van der Waals surface area contributed by atoms with Crippen molar-refractivity contribution >= 4 is 64.3 Å². The summed E-state index contributed by atoms with van der Waals surface area (Å²) in [5.41, 5.74) is 0. The van der Waals surface area contributed by atoms with E-state index in [2.05, 4.69) is 5.10 Å². The number of hydrazone groups is 1. The summed E-state index contributed by atoms with van der Waals surface area (Å²) < 4.78 is -3.47. The number of rotatable bonds is 1. The summed E-state index contributed by atoms with van der Waals surface area (Å²) in [6.07, 6.45) is 1.27. The fourth-order valence-electron chi connectivity index (χ4n) is 0.964. The molecule has 1 aliphatic rings. The van der Waals surface area contributed by atoms with Gasteiger partial charge in [-0.2, -0.15) is 5.10 Å². The molecule has 0 aromatic carbocycles. The van der Waals surface area contributed by atoms with E-state index < -0.39 is 8.25 Å². The summed E-state index contributed by atoms with van der Waals surface area (Å²) in [4.78, 5) is 1.46. The lowest BCUT2D eigenvalue weighted by molar-refractivity contribution is 0.157. The lowest BCUT2D eigenvalue weighted by atomic mass is 10.4. The van der Waals surface area contributed by atoms with Gasteiger partial charge in [0.25, 0.3) is 0 Å². The Bertz CT molecular complexity index is 248. The summed E-state index contributed by atoms with van der Waals surface area (Å²) in [7, 11) is 1.77. The van der Waals surface area contributed by atoms with Gasteiger partial charge in [-0.05, 0) is 6.92 Å². The van der Waals surface area contributed by atoms with E-state index in [1.165, 1.54) is 11.2 Å². The smallest absolute Gasteiger partial charge is 0.241 e. The standard InChI is InChI=1S/C6H8Cl5N3/c1-4-13(2)12-3-14(4)6(10,11)5(7,8)9/h3-4H,1-2H3. The van der Waals surface area contributed by atoms with Gasteiger partial charge in [0.05, 0.1) is 0 Å². The topological polar surface area (TPSA) is 18.8 Å². The van der Waals surface area contributed by atoms with Crippen molar-refractivity contribution in [1.82, 2.24) is 9.91 Å². The molecule has 14 heavy (non-hydrogen) atoms. The third kappa shape index (κ3) is 2.12. The highest BCUT2D eigenvalue weighted by atomic mass is 35.6. The molecule has 0 spiro atoms. The van der Waals surface area contributed by atoms with Gasteiger partial charge in [0.15, 0.2) is 0 Å². The summed E-state index contributed by atoms with van der Waals surface area (Å²) in [6, 6.07) is 0. The summed E-state index contributed by atoms with van der Waals surface area (Å²) in [5.74, 6) is 0. The molecule has 0 aliphatic carbocycles. The molecule has 0 N–H and O–H groups in total. The molecule has 0 bridgehead atoms. The predicted octanol–water partition coefficient (Wildman–Crippen LogP) is 3.02. The Morgan fingerprint density at radius 1 is 1.21 bits per heavy atom. The average molecular weight is 299 g/mol. The summed E-state index contributed by atoms with van der Waals surface area (Å²) in [6.45, 7) is 1.84. The van der Waals surface area contributed by atoms with Crippen LogP contribution in [0, 0.1) is 0 Å². The number of hydrogen-bond donors (Lipinski definition) is 0. The molecule has 1 atom stereocenters. The Kier molecular flexibility index (Phi) is 3.60. The lowest BCUT2D eigenvalue weighted by Gasteiger charge is -2.38. The zero-order valence-corrected chi connectivity index (χ0v) is 11.2. The molecule has 0 fully saturated rings. The van der Waals surface area contributed by atoms with Crippen LogP contribution in [0.15, 0.2) is 5.10 Å². The molecule has 3 nitrogen and oxygen atoms in total. The molecule has 0 aromatic heterocycles. The SMILES string of the molecule is CC1N(C)N=CN1C(Cl)(Cl)C(Cl)(Cl)Cl. The number of nitrogens with zero attached hydrogens (tertiary/aromatic N) is 3. The first kappa shape index (κ1) is 12.8. The molecule has 0 radical (unpaired) electrons. The van der Waals surface area contributed by atoms with Crippen molar-refractivity contribution in [3.8, 4) is 0 Å². The highest BCUT2D eigenvalue weighted by Gasteiger charge is 2.53. The Morgan fingerprint density at radius 2 is 1.71 bits per heavy atom. The Morgan fingerprint density at radius 3 is 2.00 bits per heavy atom. The first-order valence-corrected chi connectivity index (χ1v) is 5.57. The zero-order chi connectivity index (χ0) is 11.1. The Balaban J connectivity index is 2.90. The fraction of sp³-hybridized carbons (Fsp3) is 0.833. The molecule has 82 valence electrons. The number of hydrogen-bond acceptors (Lipinski definition) is 3. The van der Waals surface area contributed by atoms with E-state index in [9.17, 15) is 0 Å². The van der Waals surface area contributed by atoms with Crippen molar-refractivity contribution < 1.29 is 0 Å². The van der Waals surface area contributed by atoms with Crippen molar-refractivity contribution in [3.63, 3.8) is 0 Å². The van der Waals surface area contributed by atoms with Crippen LogP contribution in [0.2, 0.25) is 0 Å². The van der Waals surface area contributed by atoms with E-state index in [0.29, 0.717) is 0 Å². The van der Waals surface area contributed by atoms with Gasteiger partial charge in [-0.3, -0.25) is 5.01 Å². The Labute approximate surface area is 107 Å². The van der Waals surface area contributed by atoms with Crippen LogP contribution in [0.25, 0.3) is 0 Å². The lowest BCUT2D eigenvalue weighted by Crippen LogP contribution is -2.52. The van der Waals surface area contributed by atoms with E-state index in [0.717, 1.165) is 0 Å². The zero-order valence-electron chi connectivity index (χ0n) is 7.39. The van der Waals surface area contributed by atoms with Gasteiger partial charge >= 0.3 is 0 Å². The molecule has 0 aromatic rings. The molecular formula is C6H8Cl5N3. The maximum Gasteiger partial charge on any atom is 0.241 e. The minimum Gasteiger partial charge on any atom is -0.304 e. The minimum absolute atomic E-state index is 0.166. The summed E-state index contributed by atoms with van der Waals surface area (Å²) in [5, 5.41) is 5.62. The third-order valence-electron chi connectivity index (χ3n) is 1.97. The van der Waals surface area contributed by atoms with Crippen molar-refractivity contribution in [3.05, 3.63) is 0 Å². The second-order valence-corrected chi connectivity index (χ2v) is 6.45. The van der Waals surface area contributed by atoms with Gasteiger partial charge in [-0.1, -0.05) is 58.0 Å². The molecule has 1 unspecified atom stereocenters. The summed E-state index contributed by atoms with van der Waals surface area (Å²) >= 11 is 28.9. The second-order valence-electron chi connectivity index (χ2n) is 2.88. The Hall–Kier alpha value is 0.720. The van der Waals surface area contributed by atoms with E-state index >= 15 is 0 Å². The van der Waals surface area contributed by atoms with E-state index in [-0.39, 0.29) is 6.17 Å². The first-order chi connectivity index (χ1) is 6.18. The van der Waals surface area contributed by atoms with Crippen LogP contribution in [0.5, 0.6) is 0 Å². The fourth-order valence-corrected chi connectivity index (χ4v) is 1.63. The molecule has 0 saturated carbocycles. The predicted molar refractivity (Wildman–Crippen MR) is 62.3 cm³/mol. The largest absolute Gasteiger partial charge is 0.304 e. The van der Waals surface area contributed by atoms with Crippen LogP contribution in [-0.4, -0.2) is 37.7 Å². The first-order valence-electron chi connectivity index (χ1n) is 3.68. The number of halogens is 5. The minimum atomic E-state index is -1.82. The quantitative estimate of drug-likeness (QED) is 0.547. The van der Waals surface area contributed by atoms with Crippen LogP contribution in [0.1, 0.15) is 6.92 Å². The van der Waals surface area contributed by atoms with Crippen molar-refractivity contribution in [1.29, 1.82) is 0 Å². The van der Waals surface area contributed by atoms with Crippen molar-refractivity contribution in [2.45, 2.75) is 21.3 Å². The molecule has 1 aliphatic heterocycles. The number of alkyl halides is 5. The van der Waals surface area contributed by atoms with Gasteiger partial charge in [-0.25, -0.2) is 0 Å². The van der Waals surface area contributed by atoms with Gasteiger partial charge in [0, 0.05) is 7.05 Å². The van der Waals surface area contributed by atoms with Crippen LogP contribution in [0.4, 0.5) is 0 Å². The van der Waals surface area contributed by atoms with Crippen LogP contribution >= 0.6 is 58.0 Å². The average Bonchev–Trinajstić information content (AvgIpc) is 2.30. The van der Waals surface area contributed by atoms with Gasteiger partial charge < -0.3 is 4.90 Å². The van der Waals surface area contributed by atoms with E-state index in [1.54, 1.807) is 12.1 Å². The molecule has 0 saturated heterocycles. The maximum absolute atomic E-state index is 5.96. The highest BCUT2D eigenvalue weighted by molar-refractivity contribution is 6.75. The second kappa shape index (κ2) is 3.95. The van der Waals surface area contributed by atoms with Gasteiger partial charge in [-0.15, -0.1) is 0 Å². The molecule has 0 amide bonds. The van der Waals surface area contributed by atoms with E-state index in [1.807, 2.05) is 6.92 Å². The van der Waals surface area contributed by atoms with Crippen LogP contribution < -0.4 is 0 Å². The normalized spacial score (nSPS) is 23.5. The maximum atomic E-state index is 5.96. The third-order valence-corrected chi connectivity index (χ3v) is 4.33.